The molecule has 1 aliphatic heterocycles. The lowest BCUT2D eigenvalue weighted by atomic mass is 9.91. The number of nitrogens with one attached hydrogen (secondary N) is 2. The zero-order chi connectivity index (χ0) is 18.8. The Kier molecular flexibility index (Phi) is 11.9. The Morgan fingerprint density at radius 2 is 1.81 bits per heavy atom. The molecule has 0 saturated carbocycles. The molecule has 2 N–H and O–H groups in total. The summed E-state index contributed by atoms with van der Waals surface area (Å²) in [5, 5.41) is 6.71. The van der Waals surface area contributed by atoms with E-state index in [-0.39, 0.29) is 24.0 Å². The van der Waals surface area contributed by atoms with Crippen LogP contribution in [-0.4, -0.2) is 50.8 Å². The van der Waals surface area contributed by atoms with Gasteiger partial charge in [-0.2, -0.15) is 0 Å². The van der Waals surface area contributed by atoms with Crippen LogP contribution in [0.2, 0.25) is 0 Å². The number of guanidine groups is 1. The summed E-state index contributed by atoms with van der Waals surface area (Å²) in [5.41, 5.74) is 2.75. The molecular weight excluding hydrogens is 451 g/mol. The fraction of sp³-hybridized carbons (Fsp3) is 0.667. The molecule has 0 radical (unpaired) electrons. The number of ether oxygens (including phenoxy) is 1. The molecule has 2 unspecified atom stereocenters. The van der Waals surface area contributed by atoms with Crippen LogP contribution in [-0.2, 0) is 17.8 Å². The van der Waals surface area contributed by atoms with E-state index in [1.54, 1.807) is 7.05 Å². The van der Waals surface area contributed by atoms with E-state index in [4.69, 9.17) is 4.74 Å². The van der Waals surface area contributed by atoms with Gasteiger partial charge < -0.3 is 15.4 Å². The first kappa shape index (κ1) is 24.2. The van der Waals surface area contributed by atoms with E-state index in [0.717, 1.165) is 44.0 Å². The van der Waals surface area contributed by atoms with Gasteiger partial charge in [-0.15, -0.1) is 24.0 Å². The Hall–Kier alpha value is -0.860. The van der Waals surface area contributed by atoms with Gasteiger partial charge in [-0.1, -0.05) is 38.1 Å². The summed E-state index contributed by atoms with van der Waals surface area (Å²) in [4.78, 5) is 6.90. The topological polar surface area (TPSA) is 48.9 Å². The number of piperidine rings is 1. The number of halogens is 1. The molecule has 154 valence electrons. The fourth-order valence-corrected chi connectivity index (χ4v) is 3.83. The number of rotatable bonds is 8. The quantitative estimate of drug-likeness (QED) is 0.255. The van der Waals surface area contributed by atoms with Gasteiger partial charge >= 0.3 is 0 Å². The summed E-state index contributed by atoms with van der Waals surface area (Å²) in [6.07, 6.45) is 1.35. The third-order valence-corrected chi connectivity index (χ3v) is 4.87. The second-order valence-corrected chi connectivity index (χ2v) is 7.46. The summed E-state index contributed by atoms with van der Waals surface area (Å²) in [7, 11) is 1.80. The lowest BCUT2D eigenvalue weighted by molar-refractivity contribution is 0.134. The number of hydrogen-bond donors (Lipinski definition) is 2. The molecule has 0 aliphatic carbocycles. The molecule has 6 heteroatoms. The molecule has 1 saturated heterocycles. The monoisotopic (exact) mass is 488 g/mol. The van der Waals surface area contributed by atoms with Crippen LogP contribution in [0.15, 0.2) is 29.3 Å². The van der Waals surface area contributed by atoms with Crippen LogP contribution in [0.1, 0.15) is 38.3 Å². The molecule has 1 aliphatic rings. The maximum Gasteiger partial charge on any atom is 0.191 e. The molecule has 2 atom stereocenters. The lowest BCUT2D eigenvalue weighted by Gasteiger charge is -2.35. The fourth-order valence-electron chi connectivity index (χ4n) is 3.83. The summed E-state index contributed by atoms with van der Waals surface area (Å²) in [6, 6.07) is 8.73. The van der Waals surface area contributed by atoms with Crippen molar-refractivity contribution in [1.82, 2.24) is 15.5 Å². The minimum Gasteiger partial charge on any atom is -0.380 e. The molecule has 1 fully saturated rings. The first-order valence-corrected chi connectivity index (χ1v) is 9.93. The third kappa shape index (κ3) is 8.79. The van der Waals surface area contributed by atoms with Crippen molar-refractivity contribution in [2.24, 2.45) is 16.8 Å². The predicted molar refractivity (Wildman–Crippen MR) is 125 cm³/mol. The summed E-state index contributed by atoms with van der Waals surface area (Å²) in [6.45, 7) is 13.2. The Morgan fingerprint density at radius 1 is 1.15 bits per heavy atom. The van der Waals surface area contributed by atoms with Crippen molar-refractivity contribution in [2.45, 2.75) is 40.3 Å². The average molecular weight is 488 g/mol. The van der Waals surface area contributed by atoms with Crippen LogP contribution in [0.25, 0.3) is 0 Å². The van der Waals surface area contributed by atoms with E-state index in [0.29, 0.717) is 6.61 Å². The van der Waals surface area contributed by atoms with Crippen molar-refractivity contribution >= 4 is 29.9 Å². The van der Waals surface area contributed by atoms with Gasteiger partial charge in [0, 0.05) is 46.4 Å². The SMILES string of the molecule is CCOCCNC(=NC)NCc1ccccc1CN1CC(C)CC(C)C1.I. The smallest absolute Gasteiger partial charge is 0.191 e. The molecule has 0 amide bonds. The minimum atomic E-state index is 0. The number of likely N-dealkylation sites (tertiary alicyclic amines) is 1. The zero-order valence-electron chi connectivity index (χ0n) is 17.3. The number of benzene rings is 1. The molecule has 1 aromatic carbocycles. The highest BCUT2D eigenvalue weighted by Crippen LogP contribution is 2.23. The highest BCUT2D eigenvalue weighted by Gasteiger charge is 2.22. The van der Waals surface area contributed by atoms with Gasteiger partial charge in [-0.25, -0.2) is 0 Å². The van der Waals surface area contributed by atoms with Gasteiger partial charge in [0.2, 0.25) is 0 Å². The molecule has 1 heterocycles. The molecular formula is C21H37IN4O. The highest BCUT2D eigenvalue weighted by atomic mass is 127. The Labute approximate surface area is 182 Å². The standard InChI is InChI=1S/C21H36N4O.HI/c1-5-26-11-10-23-21(22-4)24-13-19-8-6-7-9-20(19)16-25-14-17(2)12-18(3)15-25;/h6-9,17-18H,5,10-16H2,1-4H3,(H2,22,23,24);1H. The summed E-state index contributed by atoms with van der Waals surface area (Å²) >= 11 is 0. The zero-order valence-corrected chi connectivity index (χ0v) is 19.7. The lowest BCUT2D eigenvalue weighted by Crippen LogP contribution is -2.39. The third-order valence-electron chi connectivity index (χ3n) is 4.87. The van der Waals surface area contributed by atoms with Gasteiger partial charge in [-0.05, 0) is 36.3 Å². The Balaban J connectivity index is 0.00000364. The number of nitrogens with zero attached hydrogens (tertiary/aromatic N) is 2. The highest BCUT2D eigenvalue weighted by molar-refractivity contribution is 14.0. The van der Waals surface area contributed by atoms with Gasteiger partial charge in [0.1, 0.15) is 0 Å². The van der Waals surface area contributed by atoms with Crippen LogP contribution in [0.4, 0.5) is 0 Å². The van der Waals surface area contributed by atoms with E-state index in [9.17, 15) is 0 Å². The van der Waals surface area contributed by atoms with E-state index in [1.807, 2.05) is 6.92 Å². The van der Waals surface area contributed by atoms with Crippen molar-refractivity contribution in [1.29, 1.82) is 0 Å². The second-order valence-electron chi connectivity index (χ2n) is 7.46. The first-order chi connectivity index (χ1) is 12.6. The van der Waals surface area contributed by atoms with Crippen LogP contribution in [0.3, 0.4) is 0 Å². The van der Waals surface area contributed by atoms with E-state index in [2.05, 4.69) is 58.6 Å². The molecule has 27 heavy (non-hydrogen) atoms. The van der Waals surface area contributed by atoms with Crippen LogP contribution >= 0.6 is 24.0 Å². The van der Waals surface area contributed by atoms with E-state index >= 15 is 0 Å². The van der Waals surface area contributed by atoms with Gasteiger partial charge in [0.15, 0.2) is 5.96 Å². The van der Waals surface area contributed by atoms with Gasteiger partial charge in [0.25, 0.3) is 0 Å². The Morgan fingerprint density at radius 3 is 2.44 bits per heavy atom. The van der Waals surface area contributed by atoms with Crippen molar-refractivity contribution < 1.29 is 4.74 Å². The van der Waals surface area contributed by atoms with Crippen molar-refractivity contribution in [3.63, 3.8) is 0 Å². The molecule has 0 aromatic heterocycles. The van der Waals surface area contributed by atoms with Gasteiger partial charge in [0.05, 0.1) is 6.61 Å². The van der Waals surface area contributed by atoms with E-state index < -0.39 is 0 Å². The molecule has 1 aromatic rings. The average Bonchev–Trinajstić information content (AvgIpc) is 2.61. The summed E-state index contributed by atoms with van der Waals surface area (Å²) < 4.78 is 5.36. The molecule has 2 rings (SSSR count). The normalized spacial score (nSPS) is 20.8. The second kappa shape index (κ2) is 13.3. The van der Waals surface area contributed by atoms with Crippen LogP contribution < -0.4 is 10.6 Å². The van der Waals surface area contributed by atoms with Crippen molar-refractivity contribution in [2.75, 3.05) is 39.9 Å². The summed E-state index contributed by atoms with van der Waals surface area (Å²) in [5.74, 6) is 2.40. The van der Waals surface area contributed by atoms with Gasteiger partial charge in [-0.3, -0.25) is 9.89 Å². The van der Waals surface area contributed by atoms with Crippen molar-refractivity contribution in [3.05, 3.63) is 35.4 Å². The molecule has 5 nitrogen and oxygen atoms in total. The van der Waals surface area contributed by atoms with Crippen LogP contribution in [0, 0.1) is 11.8 Å². The minimum absolute atomic E-state index is 0. The maximum atomic E-state index is 5.36. The van der Waals surface area contributed by atoms with Crippen molar-refractivity contribution in [3.8, 4) is 0 Å². The number of hydrogen-bond acceptors (Lipinski definition) is 3. The van der Waals surface area contributed by atoms with E-state index in [1.165, 1.54) is 30.6 Å². The molecule has 0 spiro atoms. The Bertz CT molecular complexity index is 557. The largest absolute Gasteiger partial charge is 0.380 e. The molecule has 0 bridgehead atoms. The van der Waals surface area contributed by atoms with Crippen LogP contribution in [0.5, 0.6) is 0 Å². The maximum absolute atomic E-state index is 5.36. The predicted octanol–water partition coefficient (Wildman–Crippen LogP) is 3.48. The number of aliphatic imine (C=N–C) groups is 1. The first-order valence-electron chi connectivity index (χ1n) is 9.93.